The summed E-state index contributed by atoms with van der Waals surface area (Å²) in [6, 6.07) is 8.35. The van der Waals surface area contributed by atoms with E-state index in [0.29, 0.717) is 6.04 Å². The summed E-state index contributed by atoms with van der Waals surface area (Å²) in [4.78, 5) is 18.9. The summed E-state index contributed by atoms with van der Waals surface area (Å²) < 4.78 is 5.56. The number of benzene rings is 1. The SMILES string of the molecule is CCNC(=NCCc1ccc(OCC(=O)NC2CC2)cc1)N1CCCC(C)C1. The van der Waals surface area contributed by atoms with E-state index >= 15 is 0 Å². The Balaban J connectivity index is 1.44. The van der Waals surface area contributed by atoms with Gasteiger partial charge >= 0.3 is 0 Å². The van der Waals surface area contributed by atoms with Crippen LogP contribution in [0.25, 0.3) is 0 Å². The zero-order chi connectivity index (χ0) is 19.8. The van der Waals surface area contributed by atoms with Crippen molar-refractivity contribution < 1.29 is 9.53 Å². The molecule has 0 radical (unpaired) electrons. The molecule has 0 aromatic heterocycles. The summed E-state index contributed by atoms with van der Waals surface area (Å²) in [5.74, 6) is 2.46. The van der Waals surface area contributed by atoms with Gasteiger partial charge in [-0.05, 0) is 62.6 Å². The molecule has 2 fully saturated rings. The highest BCUT2D eigenvalue weighted by Gasteiger charge is 2.23. The lowest BCUT2D eigenvalue weighted by Crippen LogP contribution is -2.46. The van der Waals surface area contributed by atoms with Gasteiger partial charge in [-0.2, -0.15) is 0 Å². The van der Waals surface area contributed by atoms with Gasteiger partial charge in [0.25, 0.3) is 5.91 Å². The van der Waals surface area contributed by atoms with Crippen molar-refractivity contribution in [2.24, 2.45) is 10.9 Å². The third-order valence-electron chi connectivity index (χ3n) is 5.19. The van der Waals surface area contributed by atoms with E-state index in [1.807, 2.05) is 12.1 Å². The van der Waals surface area contributed by atoms with Crippen LogP contribution in [-0.2, 0) is 11.2 Å². The van der Waals surface area contributed by atoms with Gasteiger partial charge in [-0.25, -0.2) is 0 Å². The molecule has 0 bridgehead atoms. The van der Waals surface area contributed by atoms with Gasteiger partial charge in [0.1, 0.15) is 5.75 Å². The Labute approximate surface area is 168 Å². The number of hydrogen-bond acceptors (Lipinski definition) is 3. The molecule has 6 heteroatoms. The predicted molar refractivity (Wildman–Crippen MR) is 113 cm³/mol. The fourth-order valence-corrected chi connectivity index (χ4v) is 3.50. The van der Waals surface area contributed by atoms with E-state index in [-0.39, 0.29) is 12.5 Å². The lowest BCUT2D eigenvalue weighted by molar-refractivity contribution is -0.123. The van der Waals surface area contributed by atoms with Crippen molar-refractivity contribution in [2.45, 2.75) is 52.0 Å². The molecule has 1 heterocycles. The largest absolute Gasteiger partial charge is 0.484 e. The minimum absolute atomic E-state index is 0.0381. The highest BCUT2D eigenvalue weighted by molar-refractivity contribution is 5.80. The normalized spacial score (nSPS) is 20.0. The molecule has 1 unspecified atom stereocenters. The monoisotopic (exact) mass is 386 g/mol. The Kier molecular flexibility index (Phi) is 7.57. The van der Waals surface area contributed by atoms with Crippen LogP contribution in [-0.4, -0.2) is 55.6 Å². The van der Waals surface area contributed by atoms with Gasteiger partial charge in [-0.1, -0.05) is 19.1 Å². The average Bonchev–Trinajstić information content (AvgIpc) is 3.50. The molecule has 1 saturated heterocycles. The Bertz CT molecular complexity index is 655. The van der Waals surface area contributed by atoms with Gasteiger partial charge in [0.05, 0.1) is 0 Å². The molecule has 1 saturated carbocycles. The van der Waals surface area contributed by atoms with E-state index in [9.17, 15) is 4.79 Å². The molecule has 0 spiro atoms. The maximum Gasteiger partial charge on any atom is 0.258 e. The van der Waals surface area contributed by atoms with Gasteiger partial charge in [0.2, 0.25) is 0 Å². The molecule has 3 rings (SSSR count). The molecular formula is C22H34N4O2. The summed E-state index contributed by atoms with van der Waals surface area (Å²) >= 11 is 0. The molecule has 6 nitrogen and oxygen atoms in total. The third-order valence-corrected chi connectivity index (χ3v) is 5.19. The number of aliphatic imine (C=N–C) groups is 1. The zero-order valence-corrected chi connectivity index (χ0v) is 17.2. The van der Waals surface area contributed by atoms with E-state index < -0.39 is 0 Å². The van der Waals surface area contributed by atoms with Gasteiger partial charge in [-0.15, -0.1) is 0 Å². The topological polar surface area (TPSA) is 66.0 Å². The second kappa shape index (κ2) is 10.3. The number of amides is 1. The van der Waals surface area contributed by atoms with Crippen molar-refractivity contribution in [3.05, 3.63) is 29.8 Å². The fourth-order valence-electron chi connectivity index (χ4n) is 3.50. The molecule has 2 aliphatic rings. The first-order chi connectivity index (χ1) is 13.6. The summed E-state index contributed by atoms with van der Waals surface area (Å²) in [7, 11) is 0. The van der Waals surface area contributed by atoms with Crippen LogP contribution in [0.5, 0.6) is 5.75 Å². The lowest BCUT2D eigenvalue weighted by atomic mass is 10.0. The Morgan fingerprint density at radius 3 is 2.71 bits per heavy atom. The molecule has 1 aromatic rings. The first-order valence-corrected chi connectivity index (χ1v) is 10.7. The van der Waals surface area contributed by atoms with Crippen LogP contribution in [0.1, 0.15) is 45.1 Å². The van der Waals surface area contributed by atoms with Gasteiger partial charge in [0.15, 0.2) is 12.6 Å². The van der Waals surface area contributed by atoms with Crippen molar-refractivity contribution in [2.75, 3.05) is 32.8 Å². The van der Waals surface area contributed by atoms with E-state index in [2.05, 4.69) is 41.5 Å². The molecule has 1 aliphatic carbocycles. The number of guanidine groups is 1. The summed E-state index contributed by atoms with van der Waals surface area (Å²) in [6.45, 7) is 8.35. The van der Waals surface area contributed by atoms with Crippen LogP contribution < -0.4 is 15.4 Å². The van der Waals surface area contributed by atoms with E-state index in [0.717, 1.165) is 63.1 Å². The summed E-state index contributed by atoms with van der Waals surface area (Å²) in [6.07, 6.45) is 5.63. The maximum absolute atomic E-state index is 11.7. The maximum atomic E-state index is 11.7. The molecule has 154 valence electrons. The molecule has 28 heavy (non-hydrogen) atoms. The zero-order valence-electron chi connectivity index (χ0n) is 17.2. The van der Waals surface area contributed by atoms with Crippen LogP contribution in [0, 0.1) is 5.92 Å². The van der Waals surface area contributed by atoms with Crippen LogP contribution >= 0.6 is 0 Å². The molecular weight excluding hydrogens is 352 g/mol. The van der Waals surface area contributed by atoms with Gasteiger partial charge in [0, 0.05) is 32.2 Å². The van der Waals surface area contributed by atoms with Gasteiger partial charge in [-0.3, -0.25) is 9.79 Å². The number of carbonyl (C=O) groups excluding carboxylic acids is 1. The number of nitrogens with one attached hydrogen (secondary N) is 2. The fraction of sp³-hybridized carbons (Fsp3) is 0.636. The molecule has 1 aromatic carbocycles. The van der Waals surface area contributed by atoms with Gasteiger partial charge < -0.3 is 20.3 Å². The first-order valence-electron chi connectivity index (χ1n) is 10.7. The molecule has 2 N–H and O–H groups in total. The second-order valence-electron chi connectivity index (χ2n) is 7.95. The number of hydrogen-bond donors (Lipinski definition) is 2. The molecule has 1 amide bonds. The van der Waals surface area contributed by atoms with Crippen molar-refractivity contribution in [1.82, 2.24) is 15.5 Å². The minimum atomic E-state index is -0.0381. The summed E-state index contributed by atoms with van der Waals surface area (Å²) in [5, 5.41) is 6.36. The van der Waals surface area contributed by atoms with E-state index in [1.165, 1.54) is 18.4 Å². The van der Waals surface area contributed by atoms with E-state index in [4.69, 9.17) is 9.73 Å². The third kappa shape index (κ3) is 6.73. The number of likely N-dealkylation sites (tertiary alicyclic amines) is 1. The van der Waals surface area contributed by atoms with Crippen LogP contribution in [0.3, 0.4) is 0 Å². The van der Waals surface area contributed by atoms with Crippen LogP contribution in [0.15, 0.2) is 29.3 Å². The number of nitrogens with zero attached hydrogens (tertiary/aromatic N) is 2. The summed E-state index contributed by atoms with van der Waals surface area (Å²) in [5.41, 5.74) is 1.22. The van der Waals surface area contributed by atoms with Crippen LogP contribution in [0.4, 0.5) is 0 Å². The molecule has 1 aliphatic heterocycles. The van der Waals surface area contributed by atoms with E-state index in [1.54, 1.807) is 0 Å². The lowest BCUT2D eigenvalue weighted by Gasteiger charge is -2.33. The van der Waals surface area contributed by atoms with Crippen molar-refractivity contribution >= 4 is 11.9 Å². The standard InChI is InChI=1S/C22H34N4O2/c1-3-23-22(26-14-4-5-17(2)15-26)24-13-12-18-6-10-20(11-7-18)28-16-21(27)25-19-8-9-19/h6-7,10-11,17,19H,3-5,8-9,12-16H2,1-2H3,(H,23,24)(H,25,27). The van der Waals surface area contributed by atoms with Crippen molar-refractivity contribution in [3.63, 3.8) is 0 Å². The highest BCUT2D eigenvalue weighted by Crippen LogP contribution is 2.19. The number of ether oxygens (including phenoxy) is 1. The number of carbonyl (C=O) groups is 1. The molecule has 1 atom stereocenters. The average molecular weight is 387 g/mol. The Morgan fingerprint density at radius 1 is 1.25 bits per heavy atom. The minimum Gasteiger partial charge on any atom is -0.484 e. The van der Waals surface area contributed by atoms with Crippen molar-refractivity contribution in [3.8, 4) is 5.75 Å². The Hall–Kier alpha value is -2.24. The number of piperidine rings is 1. The Morgan fingerprint density at radius 2 is 2.04 bits per heavy atom. The first kappa shape index (κ1) is 20.5. The van der Waals surface area contributed by atoms with Crippen LogP contribution in [0.2, 0.25) is 0 Å². The number of rotatable bonds is 8. The quantitative estimate of drug-likeness (QED) is 0.532. The smallest absolute Gasteiger partial charge is 0.258 e. The van der Waals surface area contributed by atoms with Crippen molar-refractivity contribution in [1.29, 1.82) is 0 Å². The highest BCUT2D eigenvalue weighted by atomic mass is 16.5. The predicted octanol–water partition coefficient (Wildman–Crippen LogP) is 2.58. The second-order valence-corrected chi connectivity index (χ2v) is 7.95.